The maximum atomic E-state index is 11.9. The van der Waals surface area contributed by atoms with Crippen LogP contribution in [0.15, 0.2) is 0 Å². The summed E-state index contributed by atoms with van der Waals surface area (Å²) in [7, 11) is 0. The number of thiazole rings is 1. The van der Waals surface area contributed by atoms with Gasteiger partial charge in [-0.2, -0.15) is 0 Å². The third kappa shape index (κ3) is 3.55. The normalized spacial score (nSPS) is 18.1. The summed E-state index contributed by atoms with van der Waals surface area (Å²) in [6.45, 7) is 2.63. The number of rotatable bonds is 6. The molecule has 1 aliphatic heterocycles. The number of aromatic carboxylic acids is 1. The van der Waals surface area contributed by atoms with Crippen molar-refractivity contribution in [2.45, 2.75) is 45.1 Å². The van der Waals surface area contributed by atoms with E-state index < -0.39 is 12.1 Å². The van der Waals surface area contributed by atoms with E-state index in [0.29, 0.717) is 30.3 Å². The first-order valence-corrected chi connectivity index (χ1v) is 7.59. The van der Waals surface area contributed by atoms with Crippen molar-refractivity contribution in [1.29, 1.82) is 0 Å². The molecule has 1 aliphatic rings. The van der Waals surface area contributed by atoms with Gasteiger partial charge in [0.2, 0.25) is 0 Å². The number of hydrogen-bond donors (Lipinski definition) is 2. The Labute approximate surface area is 121 Å². The summed E-state index contributed by atoms with van der Waals surface area (Å²) >= 11 is 1.01. The maximum Gasteiger partial charge on any atom is 0.347 e. The third-order valence-electron chi connectivity index (χ3n) is 3.11. The van der Waals surface area contributed by atoms with E-state index in [4.69, 9.17) is 9.84 Å². The molecule has 2 rings (SSSR count). The number of ether oxygens (including phenoxy) is 1. The van der Waals surface area contributed by atoms with Crippen LogP contribution in [-0.2, 0) is 16.0 Å². The zero-order chi connectivity index (χ0) is 14.5. The molecule has 0 radical (unpaired) electrons. The number of carbonyl (C=O) groups is 2. The van der Waals surface area contributed by atoms with Crippen LogP contribution in [0.4, 0.5) is 5.13 Å². The van der Waals surface area contributed by atoms with E-state index in [1.807, 2.05) is 6.92 Å². The molecule has 1 aromatic rings. The van der Waals surface area contributed by atoms with Crippen molar-refractivity contribution < 1.29 is 19.4 Å². The fourth-order valence-corrected chi connectivity index (χ4v) is 2.91. The Kier molecular flexibility index (Phi) is 5.08. The van der Waals surface area contributed by atoms with Gasteiger partial charge in [0, 0.05) is 6.61 Å². The first-order chi connectivity index (χ1) is 9.61. The highest BCUT2D eigenvalue weighted by molar-refractivity contribution is 7.17. The first kappa shape index (κ1) is 14.9. The molecule has 110 valence electrons. The van der Waals surface area contributed by atoms with Crippen LogP contribution in [-0.4, -0.2) is 34.7 Å². The highest BCUT2D eigenvalue weighted by Gasteiger charge is 2.25. The van der Waals surface area contributed by atoms with E-state index in [9.17, 15) is 9.59 Å². The SMILES string of the molecule is CCCCc1nc(NC(=O)C2CCCO2)sc1C(=O)O. The van der Waals surface area contributed by atoms with Crippen molar-refractivity contribution in [3.8, 4) is 0 Å². The van der Waals surface area contributed by atoms with Crippen LogP contribution in [0.3, 0.4) is 0 Å². The largest absolute Gasteiger partial charge is 0.477 e. The molecule has 1 aromatic heterocycles. The summed E-state index contributed by atoms with van der Waals surface area (Å²) in [5, 5.41) is 12.2. The minimum absolute atomic E-state index is 0.209. The number of nitrogens with zero attached hydrogens (tertiary/aromatic N) is 1. The fraction of sp³-hybridized carbons (Fsp3) is 0.615. The minimum Gasteiger partial charge on any atom is -0.477 e. The second-order valence-corrected chi connectivity index (χ2v) is 5.69. The highest BCUT2D eigenvalue weighted by Crippen LogP contribution is 2.25. The van der Waals surface area contributed by atoms with E-state index in [1.54, 1.807) is 0 Å². The van der Waals surface area contributed by atoms with Gasteiger partial charge >= 0.3 is 5.97 Å². The van der Waals surface area contributed by atoms with Gasteiger partial charge in [-0.1, -0.05) is 24.7 Å². The van der Waals surface area contributed by atoms with Crippen LogP contribution in [0.25, 0.3) is 0 Å². The Hall–Kier alpha value is -1.47. The van der Waals surface area contributed by atoms with Crippen LogP contribution in [0.5, 0.6) is 0 Å². The van der Waals surface area contributed by atoms with Gasteiger partial charge in [0.05, 0.1) is 5.69 Å². The number of amides is 1. The first-order valence-electron chi connectivity index (χ1n) is 6.77. The van der Waals surface area contributed by atoms with Crippen LogP contribution in [0.2, 0.25) is 0 Å². The molecule has 0 aliphatic carbocycles. The van der Waals surface area contributed by atoms with Gasteiger partial charge in [-0.25, -0.2) is 9.78 Å². The molecule has 1 atom stereocenters. The average molecular weight is 298 g/mol. The Morgan fingerprint density at radius 3 is 2.95 bits per heavy atom. The predicted octanol–water partition coefficient (Wildman–Crippen LogP) is 2.30. The Morgan fingerprint density at radius 1 is 1.55 bits per heavy atom. The number of carbonyl (C=O) groups excluding carboxylic acids is 1. The number of carboxylic acid groups (broad SMARTS) is 1. The number of nitrogens with one attached hydrogen (secondary N) is 1. The summed E-state index contributed by atoms with van der Waals surface area (Å²) < 4.78 is 5.28. The molecule has 0 saturated carbocycles. The van der Waals surface area contributed by atoms with Crippen molar-refractivity contribution in [3.05, 3.63) is 10.6 Å². The number of carboxylic acids is 1. The minimum atomic E-state index is -0.994. The van der Waals surface area contributed by atoms with Crippen molar-refractivity contribution >= 4 is 28.3 Å². The topological polar surface area (TPSA) is 88.5 Å². The van der Waals surface area contributed by atoms with Crippen molar-refractivity contribution in [2.24, 2.45) is 0 Å². The van der Waals surface area contributed by atoms with Gasteiger partial charge in [-0.05, 0) is 25.7 Å². The Morgan fingerprint density at radius 2 is 2.35 bits per heavy atom. The van der Waals surface area contributed by atoms with E-state index in [2.05, 4.69) is 10.3 Å². The molecule has 1 saturated heterocycles. The molecule has 2 N–H and O–H groups in total. The van der Waals surface area contributed by atoms with Crippen molar-refractivity contribution in [2.75, 3.05) is 11.9 Å². The van der Waals surface area contributed by atoms with Crippen molar-refractivity contribution in [1.82, 2.24) is 4.98 Å². The Balaban J connectivity index is 2.07. The lowest BCUT2D eigenvalue weighted by Crippen LogP contribution is -2.26. The van der Waals surface area contributed by atoms with Gasteiger partial charge in [0.25, 0.3) is 5.91 Å². The van der Waals surface area contributed by atoms with Gasteiger partial charge in [-0.3, -0.25) is 10.1 Å². The number of unbranched alkanes of at least 4 members (excludes halogenated alkanes) is 1. The molecule has 2 heterocycles. The number of aromatic nitrogens is 1. The number of anilines is 1. The molecule has 0 spiro atoms. The zero-order valence-electron chi connectivity index (χ0n) is 11.3. The number of hydrogen-bond acceptors (Lipinski definition) is 5. The quantitative estimate of drug-likeness (QED) is 0.841. The van der Waals surface area contributed by atoms with Gasteiger partial charge < -0.3 is 9.84 Å². The summed E-state index contributed by atoms with van der Waals surface area (Å²) in [5.41, 5.74) is 0.548. The third-order valence-corrected chi connectivity index (χ3v) is 4.11. The fourth-order valence-electron chi connectivity index (χ4n) is 2.06. The summed E-state index contributed by atoms with van der Waals surface area (Å²) in [6.07, 6.45) is 3.59. The molecule has 0 aromatic carbocycles. The van der Waals surface area contributed by atoms with Gasteiger partial charge in [0.15, 0.2) is 5.13 Å². The van der Waals surface area contributed by atoms with E-state index >= 15 is 0 Å². The second-order valence-electron chi connectivity index (χ2n) is 4.69. The van der Waals surface area contributed by atoms with Crippen molar-refractivity contribution in [3.63, 3.8) is 0 Å². The summed E-state index contributed by atoms with van der Waals surface area (Å²) in [4.78, 5) is 27.5. The number of aryl methyl sites for hydroxylation is 1. The van der Waals surface area contributed by atoms with Gasteiger partial charge in [-0.15, -0.1) is 0 Å². The molecule has 6 nitrogen and oxygen atoms in total. The molecule has 1 unspecified atom stereocenters. The maximum absolute atomic E-state index is 11.9. The lowest BCUT2D eigenvalue weighted by molar-refractivity contribution is -0.124. The van der Waals surface area contributed by atoms with Crippen LogP contribution >= 0.6 is 11.3 Å². The standard InChI is InChI=1S/C13H18N2O4S/c1-2-3-5-8-10(12(17)18)20-13(14-8)15-11(16)9-6-4-7-19-9/h9H,2-7H2,1H3,(H,17,18)(H,14,15,16). The molecule has 20 heavy (non-hydrogen) atoms. The smallest absolute Gasteiger partial charge is 0.347 e. The summed E-state index contributed by atoms with van der Waals surface area (Å²) in [5.74, 6) is -1.23. The molecule has 7 heteroatoms. The van der Waals surface area contributed by atoms with E-state index in [1.165, 1.54) is 0 Å². The predicted molar refractivity (Wildman–Crippen MR) is 75.3 cm³/mol. The van der Waals surface area contributed by atoms with E-state index in [0.717, 1.165) is 30.6 Å². The average Bonchev–Trinajstić information content (AvgIpc) is 3.05. The lowest BCUT2D eigenvalue weighted by atomic mass is 10.2. The van der Waals surface area contributed by atoms with Crippen LogP contribution in [0, 0.1) is 0 Å². The monoisotopic (exact) mass is 298 g/mol. The van der Waals surface area contributed by atoms with Gasteiger partial charge in [0.1, 0.15) is 11.0 Å². The molecular weight excluding hydrogens is 280 g/mol. The Bertz CT molecular complexity index is 495. The highest BCUT2D eigenvalue weighted by atomic mass is 32.1. The summed E-state index contributed by atoms with van der Waals surface area (Å²) in [6, 6.07) is 0. The second kappa shape index (κ2) is 6.81. The van der Waals surface area contributed by atoms with Crippen LogP contribution < -0.4 is 5.32 Å². The van der Waals surface area contributed by atoms with E-state index in [-0.39, 0.29) is 10.8 Å². The van der Waals surface area contributed by atoms with Crippen LogP contribution in [0.1, 0.15) is 48.0 Å². The molecule has 1 fully saturated rings. The zero-order valence-corrected chi connectivity index (χ0v) is 12.2. The molecule has 1 amide bonds. The molecular formula is C13H18N2O4S. The molecule has 0 bridgehead atoms. The lowest BCUT2D eigenvalue weighted by Gasteiger charge is -2.07.